The van der Waals surface area contributed by atoms with Crippen LogP contribution in [0.3, 0.4) is 0 Å². The summed E-state index contributed by atoms with van der Waals surface area (Å²) in [4.78, 5) is 19.2. The monoisotopic (exact) mass is 519 g/mol. The molecule has 2 aromatic carbocycles. The summed E-state index contributed by atoms with van der Waals surface area (Å²) >= 11 is 0. The molecule has 5 aromatic rings. The molecule has 5 rings (SSSR count). The molecular formula is C26H23F2N7O3. The fourth-order valence-electron chi connectivity index (χ4n) is 3.98. The minimum Gasteiger partial charge on any atom is -0.493 e. The summed E-state index contributed by atoms with van der Waals surface area (Å²) in [6, 6.07) is 7.83. The lowest BCUT2D eigenvalue weighted by Crippen LogP contribution is -2.21. The molecule has 3 heterocycles. The van der Waals surface area contributed by atoms with Crippen molar-refractivity contribution in [3.05, 3.63) is 72.6 Å². The quantitative estimate of drug-likeness (QED) is 0.294. The first-order valence-corrected chi connectivity index (χ1v) is 11.4. The Labute approximate surface area is 216 Å². The Bertz CT molecular complexity index is 1600. The summed E-state index contributed by atoms with van der Waals surface area (Å²) in [7, 11) is 5.86. The van der Waals surface area contributed by atoms with Crippen LogP contribution in [0.1, 0.15) is 5.82 Å². The zero-order valence-corrected chi connectivity index (χ0v) is 21.0. The number of ether oxygens (including phenoxy) is 3. The molecule has 0 aliphatic carbocycles. The third-order valence-corrected chi connectivity index (χ3v) is 5.85. The van der Waals surface area contributed by atoms with Crippen molar-refractivity contribution in [2.45, 2.75) is 6.54 Å². The molecule has 0 spiro atoms. The molecule has 3 aromatic heterocycles. The number of halogens is 2. The van der Waals surface area contributed by atoms with Crippen LogP contribution in [0.2, 0.25) is 0 Å². The minimum atomic E-state index is -0.913. The van der Waals surface area contributed by atoms with Crippen LogP contribution < -0.4 is 19.1 Å². The van der Waals surface area contributed by atoms with Gasteiger partial charge < -0.3 is 19.1 Å². The second kappa shape index (κ2) is 10.2. The van der Waals surface area contributed by atoms with Crippen molar-refractivity contribution in [3.63, 3.8) is 0 Å². The molecule has 0 saturated carbocycles. The molecule has 0 aliphatic heterocycles. The molecule has 0 amide bonds. The van der Waals surface area contributed by atoms with E-state index in [9.17, 15) is 0 Å². The molecule has 0 N–H and O–H groups in total. The van der Waals surface area contributed by atoms with Crippen LogP contribution in [0.25, 0.3) is 22.3 Å². The second-order valence-corrected chi connectivity index (χ2v) is 8.19. The van der Waals surface area contributed by atoms with Crippen molar-refractivity contribution < 1.29 is 23.0 Å². The Hall–Kier alpha value is -4.87. The predicted octanol–water partition coefficient (Wildman–Crippen LogP) is 4.46. The minimum absolute atomic E-state index is 0.109. The molecule has 0 saturated heterocycles. The van der Waals surface area contributed by atoms with E-state index in [1.165, 1.54) is 32.4 Å². The number of hydrogen-bond acceptors (Lipinski definition) is 9. The molecule has 12 heteroatoms. The predicted molar refractivity (Wildman–Crippen MR) is 136 cm³/mol. The first-order chi connectivity index (χ1) is 18.4. The largest absolute Gasteiger partial charge is 0.493 e. The normalized spacial score (nSPS) is 11.0. The van der Waals surface area contributed by atoms with E-state index < -0.39 is 17.3 Å². The summed E-state index contributed by atoms with van der Waals surface area (Å²) in [6.07, 6.45) is 6.65. The lowest BCUT2D eigenvalue weighted by molar-refractivity contribution is 0.358. The van der Waals surface area contributed by atoms with Crippen molar-refractivity contribution in [3.8, 4) is 28.6 Å². The maximum Gasteiger partial charge on any atom is 0.216 e. The highest BCUT2D eigenvalue weighted by atomic mass is 19.1. The molecule has 0 aliphatic rings. The van der Waals surface area contributed by atoms with Gasteiger partial charge in [-0.25, -0.2) is 18.7 Å². The number of nitrogens with zero attached hydrogens (tertiary/aromatic N) is 7. The Morgan fingerprint density at radius 3 is 2.29 bits per heavy atom. The SMILES string of the molecule is COc1ccnc(CN(c2ccc3ncc(-c4cnn(C)c4)nc3c2)c2c(F)c(OC)cc(OC)c2F)n1. The number of anilines is 2. The van der Waals surface area contributed by atoms with Gasteiger partial charge >= 0.3 is 0 Å². The van der Waals surface area contributed by atoms with E-state index in [1.54, 1.807) is 48.4 Å². The van der Waals surface area contributed by atoms with Crippen LogP contribution in [0, 0.1) is 11.6 Å². The zero-order chi connectivity index (χ0) is 26.8. The van der Waals surface area contributed by atoms with E-state index in [0.29, 0.717) is 28.3 Å². The summed E-state index contributed by atoms with van der Waals surface area (Å²) in [5, 5.41) is 4.18. The number of benzene rings is 2. The maximum atomic E-state index is 15.7. The van der Waals surface area contributed by atoms with Gasteiger partial charge in [0.25, 0.3) is 0 Å². The third kappa shape index (κ3) is 4.63. The Kier molecular flexibility index (Phi) is 6.69. The summed E-state index contributed by atoms with van der Waals surface area (Å²) in [5.74, 6) is -1.62. The number of rotatable bonds is 8. The fraction of sp³-hybridized carbons (Fsp3) is 0.192. The van der Waals surface area contributed by atoms with Gasteiger partial charge in [0.2, 0.25) is 5.88 Å². The van der Waals surface area contributed by atoms with Gasteiger partial charge in [0, 0.05) is 42.8 Å². The van der Waals surface area contributed by atoms with Gasteiger partial charge in [0.05, 0.1) is 57.0 Å². The van der Waals surface area contributed by atoms with Crippen LogP contribution in [-0.4, -0.2) is 51.0 Å². The summed E-state index contributed by atoms with van der Waals surface area (Å²) < 4.78 is 48.5. The zero-order valence-electron chi connectivity index (χ0n) is 21.0. The van der Waals surface area contributed by atoms with Crippen molar-refractivity contribution in [2.24, 2.45) is 7.05 Å². The first kappa shape index (κ1) is 24.8. The van der Waals surface area contributed by atoms with Gasteiger partial charge in [0.15, 0.2) is 29.0 Å². The number of aromatic nitrogens is 6. The van der Waals surface area contributed by atoms with Crippen LogP contribution in [0.15, 0.2) is 55.1 Å². The number of methoxy groups -OCH3 is 3. The Balaban J connectivity index is 1.69. The molecule has 10 nitrogen and oxygen atoms in total. The highest BCUT2D eigenvalue weighted by Crippen LogP contribution is 2.41. The summed E-state index contributed by atoms with van der Waals surface area (Å²) in [5.41, 5.74) is 2.51. The molecule has 194 valence electrons. The Morgan fingerprint density at radius 1 is 0.868 bits per heavy atom. The lowest BCUT2D eigenvalue weighted by atomic mass is 10.1. The number of hydrogen-bond donors (Lipinski definition) is 0. The van der Waals surface area contributed by atoms with E-state index in [4.69, 9.17) is 19.2 Å². The second-order valence-electron chi connectivity index (χ2n) is 8.19. The average molecular weight is 520 g/mol. The smallest absolute Gasteiger partial charge is 0.216 e. The molecule has 0 atom stereocenters. The number of fused-ring (bicyclic) bond motifs is 1. The van der Waals surface area contributed by atoms with Crippen molar-refractivity contribution in [2.75, 3.05) is 26.2 Å². The van der Waals surface area contributed by atoms with E-state index >= 15 is 8.78 Å². The van der Waals surface area contributed by atoms with Crippen molar-refractivity contribution in [1.82, 2.24) is 29.7 Å². The fourth-order valence-corrected chi connectivity index (χ4v) is 3.98. The molecule has 0 radical (unpaired) electrons. The molecule has 0 unspecified atom stereocenters. The van der Waals surface area contributed by atoms with E-state index in [-0.39, 0.29) is 23.9 Å². The standard InChI is InChI=1S/C26H23F2N7O3/c1-34-13-15(11-31-34)19-12-30-17-6-5-16(9-18(17)32-19)35(14-22-29-8-7-23(33-22)38-4)26-24(27)20(36-2)10-21(37-3)25(26)28/h5-13H,14H2,1-4H3. The summed E-state index contributed by atoms with van der Waals surface area (Å²) in [6.45, 7) is -0.109. The number of aryl methyl sites for hydroxylation is 1. The first-order valence-electron chi connectivity index (χ1n) is 11.4. The van der Waals surface area contributed by atoms with Gasteiger partial charge in [-0.05, 0) is 18.2 Å². The third-order valence-electron chi connectivity index (χ3n) is 5.85. The molecule has 0 bridgehead atoms. The van der Waals surface area contributed by atoms with Crippen LogP contribution in [0.4, 0.5) is 20.2 Å². The van der Waals surface area contributed by atoms with Crippen LogP contribution in [-0.2, 0) is 13.6 Å². The van der Waals surface area contributed by atoms with Gasteiger partial charge in [-0.15, -0.1) is 0 Å². The van der Waals surface area contributed by atoms with Crippen LogP contribution in [0.5, 0.6) is 17.4 Å². The van der Waals surface area contributed by atoms with E-state index in [2.05, 4.69) is 20.1 Å². The highest BCUT2D eigenvalue weighted by molar-refractivity contribution is 5.83. The average Bonchev–Trinajstić information content (AvgIpc) is 3.38. The van der Waals surface area contributed by atoms with E-state index in [0.717, 1.165) is 11.6 Å². The molecule has 38 heavy (non-hydrogen) atoms. The molecule has 0 fully saturated rings. The van der Waals surface area contributed by atoms with Crippen molar-refractivity contribution >= 4 is 22.4 Å². The van der Waals surface area contributed by atoms with Gasteiger partial charge in [0.1, 0.15) is 5.69 Å². The highest BCUT2D eigenvalue weighted by Gasteiger charge is 2.27. The molecular weight excluding hydrogens is 496 g/mol. The van der Waals surface area contributed by atoms with E-state index in [1.807, 2.05) is 6.20 Å². The van der Waals surface area contributed by atoms with Gasteiger partial charge in [-0.2, -0.15) is 10.1 Å². The lowest BCUT2D eigenvalue weighted by Gasteiger charge is -2.26. The van der Waals surface area contributed by atoms with Crippen LogP contribution >= 0.6 is 0 Å². The topological polar surface area (TPSA) is 100 Å². The van der Waals surface area contributed by atoms with Crippen molar-refractivity contribution in [1.29, 1.82) is 0 Å². The maximum absolute atomic E-state index is 15.7. The van der Waals surface area contributed by atoms with Gasteiger partial charge in [-0.1, -0.05) is 0 Å². The Morgan fingerprint density at radius 2 is 1.63 bits per heavy atom. The van der Waals surface area contributed by atoms with Gasteiger partial charge in [-0.3, -0.25) is 9.67 Å².